The molecular weight excluding hydrogens is 280 g/mol. The summed E-state index contributed by atoms with van der Waals surface area (Å²) in [5.74, 6) is 1.35. The number of hydrogen-bond donors (Lipinski definition) is 0. The Morgan fingerprint density at radius 3 is 2.35 bits per heavy atom. The number of rotatable bonds is 5. The maximum atomic E-state index is 5.78. The van der Waals surface area contributed by atoms with Crippen LogP contribution >= 0.6 is 11.6 Å². The summed E-state index contributed by atoms with van der Waals surface area (Å²) in [4.78, 5) is 4.16. The highest BCUT2D eigenvalue weighted by atomic mass is 35.5. The number of benzene rings is 1. The van der Waals surface area contributed by atoms with Crippen molar-refractivity contribution in [3.8, 4) is 11.8 Å². The second-order valence-electron chi connectivity index (χ2n) is 5.28. The van der Waals surface area contributed by atoms with Crippen molar-refractivity contribution in [3.63, 3.8) is 0 Å². The monoisotopic (exact) mass is 296 g/mol. The zero-order valence-corrected chi connectivity index (χ0v) is 12.5. The third kappa shape index (κ3) is 4.13. The summed E-state index contributed by atoms with van der Waals surface area (Å²) in [7, 11) is 0. The molecule has 0 aliphatic rings. The second kappa shape index (κ2) is 6.13. The molecule has 0 aliphatic carbocycles. The number of aromatic nitrogens is 2. The van der Waals surface area contributed by atoms with Crippen LogP contribution in [0.15, 0.2) is 28.8 Å². The zero-order valence-electron chi connectivity index (χ0n) is 11.7. The van der Waals surface area contributed by atoms with Crippen molar-refractivity contribution >= 4 is 11.6 Å². The van der Waals surface area contributed by atoms with Gasteiger partial charge in [0.1, 0.15) is 19.0 Å². The van der Waals surface area contributed by atoms with E-state index in [0.29, 0.717) is 24.1 Å². The van der Waals surface area contributed by atoms with E-state index in [0.717, 1.165) is 5.75 Å². The molecule has 0 saturated carbocycles. The first kappa shape index (κ1) is 14.7. The van der Waals surface area contributed by atoms with Crippen LogP contribution in [0.3, 0.4) is 0 Å². The average molecular weight is 297 g/mol. The molecule has 0 radical (unpaired) electrons. The normalized spacial score (nSPS) is 11.4. The summed E-state index contributed by atoms with van der Waals surface area (Å²) in [5.41, 5.74) is -0.162. The molecule has 0 atom stereocenters. The molecule has 0 fully saturated rings. The Morgan fingerprint density at radius 2 is 1.75 bits per heavy atom. The summed E-state index contributed by atoms with van der Waals surface area (Å²) in [5, 5.41) is 4.54. The highest BCUT2D eigenvalue weighted by Crippen LogP contribution is 2.21. The number of nitrogens with zero attached hydrogens (tertiary/aromatic N) is 2. The fraction of sp³-hybridized carbons (Fsp3) is 0.429. The number of halogens is 1. The molecule has 2 rings (SSSR count). The van der Waals surface area contributed by atoms with Gasteiger partial charge in [-0.2, -0.15) is 4.98 Å². The molecule has 20 heavy (non-hydrogen) atoms. The predicted molar refractivity (Wildman–Crippen MR) is 75.4 cm³/mol. The van der Waals surface area contributed by atoms with E-state index in [-0.39, 0.29) is 11.5 Å². The van der Waals surface area contributed by atoms with Gasteiger partial charge in [-0.1, -0.05) is 37.5 Å². The molecule has 0 amide bonds. The molecule has 0 spiro atoms. The molecule has 0 aliphatic heterocycles. The minimum atomic E-state index is -0.162. The molecule has 0 N–H and O–H groups in total. The van der Waals surface area contributed by atoms with Crippen LogP contribution in [0.1, 0.15) is 26.6 Å². The Bertz CT molecular complexity index is 546. The van der Waals surface area contributed by atoms with Crippen molar-refractivity contribution in [1.82, 2.24) is 10.1 Å². The molecule has 5 nitrogen and oxygen atoms in total. The van der Waals surface area contributed by atoms with Gasteiger partial charge in [0.2, 0.25) is 0 Å². The summed E-state index contributed by atoms with van der Waals surface area (Å²) in [6.45, 7) is 6.73. The Kier molecular flexibility index (Phi) is 4.49. The molecule has 0 unspecified atom stereocenters. The summed E-state index contributed by atoms with van der Waals surface area (Å²) in [6, 6.07) is 7.14. The highest BCUT2D eigenvalue weighted by molar-refractivity contribution is 6.30. The third-order valence-corrected chi connectivity index (χ3v) is 2.72. The topological polar surface area (TPSA) is 57.4 Å². The fourth-order valence-corrected chi connectivity index (χ4v) is 1.52. The van der Waals surface area contributed by atoms with Crippen LogP contribution in [0.4, 0.5) is 0 Å². The first-order chi connectivity index (χ1) is 9.45. The van der Waals surface area contributed by atoms with Crippen molar-refractivity contribution < 1.29 is 14.0 Å². The summed E-state index contributed by atoms with van der Waals surface area (Å²) in [6.07, 6.45) is 0.162. The summed E-state index contributed by atoms with van der Waals surface area (Å²) < 4.78 is 15.8. The van der Waals surface area contributed by atoms with Gasteiger partial charge in [0.15, 0.2) is 5.82 Å². The Balaban J connectivity index is 1.76. The minimum Gasteiger partial charge on any atom is -0.490 e. The van der Waals surface area contributed by atoms with Crippen LogP contribution in [-0.2, 0) is 5.41 Å². The zero-order chi connectivity index (χ0) is 14.6. The Hall–Kier alpha value is -1.75. The van der Waals surface area contributed by atoms with Crippen molar-refractivity contribution in [2.24, 2.45) is 0 Å². The van der Waals surface area contributed by atoms with E-state index in [4.69, 9.17) is 25.6 Å². The molecule has 0 saturated heterocycles. The van der Waals surface area contributed by atoms with E-state index in [1.807, 2.05) is 20.8 Å². The van der Waals surface area contributed by atoms with Crippen LogP contribution in [-0.4, -0.2) is 23.4 Å². The molecule has 1 aromatic heterocycles. The van der Waals surface area contributed by atoms with Gasteiger partial charge < -0.3 is 9.47 Å². The number of ether oxygens (including phenoxy) is 2. The van der Waals surface area contributed by atoms with Gasteiger partial charge in [-0.05, 0) is 24.3 Å². The van der Waals surface area contributed by atoms with Gasteiger partial charge in [-0.15, -0.1) is 0 Å². The molecule has 2 aromatic rings. The van der Waals surface area contributed by atoms with Gasteiger partial charge in [-0.3, -0.25) is 4.52 Å². The van der Waals surface area contributed by atoms with Crippen LogP contribution in [0.2, 0.25) is 5.02 Å². The van der Waals surface area contributed by atoms with Gasteiger partial charge in [0.05, 0.1) is 0 Å². The Morgan fingerprint density at radius 1 is 1.10 bits per heavy atom. The van der Waals surface area contributed by atoms with Crippen molar-refractivity contribution in [1.29, 1.82) is 0 Å². The third-order valence-electron chi connectivity index (χ3n) is 2.47. The first-order valence-corrected chi connectivity index (χ1v) is 6.68. The van der Waals surface area contributed by atoms with Gasteiger partial charge in [-0.25, -0.2) is 0 Å². The first-order valence-electron chi connectivity index (χ1n) is 6.30. The predicted octanol–water partition coefficient (Wildman–Crippen LogP) is 3.48. The minimum absolute atomic E-state index is 0.162. The van der Waals surface area contributed by atoms with Crippen LogP contribution in [0, 0.1) is 0 Å². The maximum absolute atomic E-state index is 5.78. The van der Waals surface area contributed by atoms with E-state index in [9.17, 15) is 0 Å². The second-order valence-corrected chi connectivity index (χ2v) is 5.72. The van der Waals surface area contributed by atoms with E-state index >= 15 is 0 Å². The van der Waals surface area contributed by atoms with Crippen molar-refractivity contribution in [2.75, 3.05) is 13.2 Å². The standard InChI is InChI=1S/C14H17ClN2O3/c1-14(2,3)12-16-13(20-17-12)19-9-8-18-11-6-4-10(15)5-7-11/h4-7H,8-9H2,1-3H3. The van der Waals surface area contributed by atoms with Crippen molar-refractivity contribution in [3.05, 3.63) is 35.1 Å². The number of hydrogen-bond acceptors (Lipinski definition) is 5. The van der Waals surface area contributed by atoms with Crippen molar-refractivity contribution in [2.45, 2.75) is 26.2 Å². The van der Waals surface area contributed by atoms with Gasteiger partial charge in [0.25, 0.3) is 0 Å². The quantitative estimate of drug-likeness (QED) is 0.791. The van der Waals surface area contributed by atoms with Crippen LogP contribution in [0.25, 0.3) is 0 Å². The fourth-order valence-electron chi connectivity index (χ4n) is 1.39. The lowest BCUT2D eigenvalue weighted by molar-refractivity contribution is 0.162. The van der Waals surface area contributed by atoms with Gasteiger partial charge >= 0.3 is 6.08 Å². The molecule has 1 heterocycles. The Labute approximate surface area is 122 Å². The molecule has 6 heteroatoms. The lowest BCUT2D eigenvalue weighted by Gasteiger charge is -2.10. The lowest BCUT2D eigenvalue weighted by Crippen LogP contribution is -2.13. The smallest absolute Gasteiger partial charge is 0.417 e. The SMILES string of the molecule is CC(C)(C)c1noc(OCCOc2ccc(Cl)cc2)n1. The summed E-state index contributed by atoms with van der Waals surface area (Å²) >= 11 is 5.78. The molecule has 1 aromatic carbocycles. The maximum Gasteiger partial charge on any atom is 0.417 e. The molecule has 108 valence electrons. The van der Waals surface area contributed by atoms with E-state index in [1.165, 1.54) is 0 Å². The largest absolute Gasteiger partial charge is 0.490 e. The van der Waals surface area contributed by atoms with E-state index in [2.05, 4.69) is 10.1 Å². The van der Waals surface area contributed by atoms with E-state index in [1.54, 1.807) is 24.3 Å². The lowest BCUT2D eigenvalue weighted by atomic mass is 9.96. The van der Waals surface area contributed by atoms with Gasteiger partial charge in [0, 0.05) is 10.4 Å². The van der Waals surface area contributed by atoms with Crippen LogP contribution in [0.5, 0.6) is 11.8 Å². The average Bonchev–Trinajstić information content (AvgIpc) is 2.85. The van der Waals surface area contributed by atoms with Crippen LogP contribution < -0.4 is 9.47 Å². The molecular formula is C14H17ClN2O3. The molecule has 0 bridgehead atoms. The highest BCUT2D eigenvalue weighted by Gasteiger charge is 2.21. The van der Waals surface area contributed by atoms with E-state index < -0.39 is 0 Å².